The number of rotatable bonds is 1. The Hall–Kier alpha value is -2.85. The standard InChI is InChI=1S/C24H39N3O8/c1-21(2,3)33-18(30)25(10)15-11-13-24(14-12-15)16(28)26(19(31)34-22(4,5)6)17(29)27(24)20(32)35-23(7,8)9/h15H,11-14H2,1-10H3. The second kappa shape index (κ2) is 9.31. The smallest absolute Gasteiger partial charge is 0.425 e. The number of carbonyl (C=O) groups is 5. The third kappa shape index (κ3) is 6.43. The summed E-state index contributed by atoms with van der Waals surface area (Å²) < 4.78 is 16.1. The van der Waals surface area contributed by atoms with E-state index in [0.29, 0.717) is 17.7 Å². The van der Waals surface area contributed by atoms with E-state index in [4.69, 9.17) is 14.2 Å². The Morgan fingerprint density at radius 2 is 1.23 bits per heavy atom. The van der Waals surface area contributed by atoms with Gasteiger partial charge in [-0.2, -0.15) is 4.90 Å². The zero-order valence-corrected chi connectivity index (χ0v) is 22.5. The van der Waals surface area contributed by atoms with Crippen molar-refractivity contribution in [3.63, 3.8) is 0 Å². The minimum Gasteiger partial charge on any atom is -0.444 e. The molecule has 198 valence electrons. The first-order valence-electron chi connectivity index (χ1n) is 11.8. The van der Waals surface area contributed by atoms with Gasteiger partial charge in [0, 0.05) is 13.1 Å². The molecule has 0 aromatic rings. The van der Waals surface area contributed by atoms with Gasteiger partial charge in [0.2, 0.25) is 0 Å². The molecule has 2 rings (SSSR count). The van der Waals surface area contributed by atoms with Gasteiger partial charge in [0.25, 0.3) is 5.91 Å². The quantitative estimate of drug-likeness (QED) is 0.378. The normalized spacial score (nSPS) is 23.4. The highest BCUT2D eigenvalue weighted by atomic mass is 16.6. The molecule has 0 N–H and O–H groups in total. The summed E-state index contributed by atoms with van der Waals surface area (Å²) >= 11 is 0. The summed E-state index contributed by atoms with van der Waals surface area (Å²) in [6.07, 6.45) is -1.97. The van der Waals surface area contributed by atoms with Gasteiger partial charge in [0.1, 0.15) is 22.3 Å². The zero-order valence-electron chi connectivity index (χ0n) is 22.5. The average Bonchev–Trinajstić information content (AvgIpc) is 2.84. The van der Waals surface area contributed by atoms with Crippen LogP contribution in [0, 0.1) is 0 Å². The van der Waals surface area contributed by atoms with E-state index < -0.39 is 52.6 Å². The lowest BCUT2D eigenvalue weighted by atomic mass is 9.78. The summed E-state index contributed by atoms with van der Waals surface area (Å²) in [5.74, 6) is -0.832. The van der Waals surface area contributed by atoms with Crippen molar-refractivity contribution in [2.24, 2.45) is 0 Å². The molecular weight excluding hydrogens is 458 g/mol. The SMILES string of the molecule is CN(C(=O)OC(C)(C)C)C1CCC2(CC1)C(=O)N(C(=O)OC(C)(C)C)C(=O)N2C(=O)OC(C)(C)C. The predicted molar refractivity (Wildman–Crippen MR) is 126 cm³/mol. The van der Waals surface area contributed by atoms with Crippen molar-refractivity contribution in [2.45, 2.75) is 116 Å². The van der Waals surface area contributed by atoms with Crippen molar-refractivity contribution in [1.82, 2.24) is 14.7 Å². The molecule has 0 aromatic heterocycles. The molecule has 2 fully saturated rings. The maximum atomic E-state index is 13.5. The fraction of sp³-hybridized carbons (Fsp3) is 0.792. The predicted octanol–water partition coefficient (Wildman–Crippen LogP) is 4.67. The van der Waals surface area contributed by atoms with Crippen LogP contribution < -0.4 is 0 Å². The van der Waals surface area contributed by atoms with E-state index in [1.54, 1.807) is 69.4 Å². The van der Waals surface area contributed by atoms with Crippen LogP contribution in [0.4, 0.5) is 19.2 Å². The molecule has 1 aliphatic heterocycles. The molecule has 1 heterocycles. The van der Waals surface area contributed by atoms with Gasteiger partial charge in [-0.05, 0) is 88.0 Å². The highest BCUT2D eigenvalue weighted by Crippen LogP contribution is 2.43. The molecule has 2 aliphatic rings. The first kappa shape index (κ1) is 28.4. The first-order valence-corrected chi connectivity index (χ1v) is 11.8. The number of urea groups is 1. The van der Waals surface area contributed by atoms with Crippen LogP contribution in [0.25, 0.3) is 0 Å². The molecule has 1 saturated heterocycles. The van der Waals surface area contributed by atoms with Gasteiger partial charge in [-0.15, -0.1) is 0 Å². The van der Waals surface area contributed by atoms with E-state index in [0.717, 1.165) is 4.90 Å². The summed E-state index contributed by atoms with van der Waals surface area (Å²) in [5.41, 5.74) is -4.18. The molecule has 1 saturated carbocycles. The minimum absolute atomic E-state index is 0.0495. The Balaban J connectivity index is 2.35. The van der Waals surface area contributed by atoms with E-state index in [-0.39, 0.29) is 18.9 Å². The van der Waals surface area contributed by atoms with Crippen molar-refractivity contribution < 1.29 is 38.2 Å². The van der Waals surface area contributed by atoms with Crippen LogP contribution in [-0.2, 0) is 19.0 Å². The Bertz CT molecular complexity index is 886. The van der Waals surface area contributed by atoms with Crippen LogP contribution >= 0.6 is 0 Å². The lowest BCUT2D eigenvalue weighted by molar-refractivity contribution is -0.134. The Kier molecular flexibility index (Phi) is 7.55. The van der Waals surface area contributed by atoms with Crippen molar-refractivity contribution >= 4 is 30.2 Å². The van der Waals surface area contributed by atoms with Crippen molar-refractivity contribution in [1.29, 1.82) is 0 Å². The van der Waals surface area contributed by atoms with Gasteiger partial charge in [-0.25, -0.2) is 24.1 Å². The number of ether oxygens (including phenoxy) is 3. The highest BCUT2D eigenvalue weighted by Gasteiger charge is 2.64. The lowest BCUT2D eigenvalue weighted by Gasteiger charge is -2.42. The summed E-state index contributed by atoms with van der Waals surface area (Å²) in [5, 5.41) is 0. The van der Waals surface area contributed by atoms with Gasteiger partial charge < -0.3 is 19.1 Å². The second-order valence-corrected chi connectivity index (χ2v) is 12.1. The number of carbonyl (C=O) groups excluding carboxylic acids is 5. The van der Waals surface area contributed by atoms with Crippen LogP contribution in [0.5, 0.6) is 0 Å². The molecule has 6 amide bonds. The van der Waals surface area contributed by atoms with Crippen molar-refractivity contribution in [3.05, 3.63) is 0 Å². The van der Waals surface area contributed by atoms with Crippen LogP contribution in [-0.4, -0.2) is 80.3 Å². The largest absolute Gasteiger partial charge is 0.444 e. The molecule has 1 aliphatic carbocycles. The van der Waals surface area contributed by atoms with Gasteiger partial charge in [-0.3, -0.25) is 4.79 Å². The molecule has 35 heavy (non-hydrogen) atoms. The Morgan fingerprint density at radius 3 is 1.66 bits per heavy atom. The summed E-state index contributed by atoms with van der Waals surface area (Å²) in [7, 11) is 1.61. The molecule has 0 bridgehead atoms. The molecular formula is C24H39N3O8. The molecule has 1 spiro atoms. The average molecular weight is 498 g/mol. The second-order valence-electron chi connectivity index (χ2n) is 12.1. The minimum atomic E-state index is -1.61. The zero-order chi connectivity index (χ0) is 27.1. The molecule has 0 radical (unpaired) electrons. The summed E-state index contributed by atoms with van der Waals surface area (Å²) in [6, 6.07) is -1.38. The van der Waals surface area contributed by atoms with Crippen molar-refractivity contribution in [3.8, 4) is 0 Å². The summed E-state index contributed by atoms with van der Waals surface area (Å²) in [4.78, 5) is 67.8. The molecule has 0 aromatic carbocycles. The fourth-order valence-corrected chi connectivity index (χ4v) is 4.09. The van der Waals surface area contributed by atoms with Gasteiger partial charge >= 0.3 is 24.3 Å². The number of hydrogen-bond donors (Lipinski definition) is 0. The van der Waals surface area contributed by atoms with Crippen molar-refractivity contribution in [2.75, 3.05) is 7.05 Å². The molecule has 0 atom stereocenters. The van der Waals surface area contributed by atoms with E-state index >= 15 is 0 Å². The lowest BCUT2D eigenvalue weighted by Crippen LogP contribution is -2.57. The first-order chi connectivity index (χ1) is 15.7. The molecule has 11 heteroatoms. The van der Waals surface area contributed by atoms with Crippen LogP contribution in [0.15, 0.2) is 0 Å². The van der Waals surface area contributed by atoms with Crippen LogP contribution in [0.3, 0.4) is 0 Å². The van der Waals surface area contributed by atoms with Gasteiger partial charge in [-0.1, -0.05) is 0 Å². The maximum Gasteiger partial charge on any atom is 0.425 e. The Morgan fingerprint density at radius 1 is 0.800 bits per heavy atom. The topological polar surface area (TPSA) is 123 Å². The number of imide groups is 4. The van der Waals surface area contributed by atoms with Gasteiger partial charge in [0.15, 0.2) is 0 Å². The van der Waals surface area contributed by atoms with E-state index in [1.165, 1.54) is 4.90 Å². The fourth-order valence-electron chi connectivity index (χ4n) is 4.09. The molecule has 0 unspecified atom stereocenters. The Labute approximate surface area is 207 Å². The van der Waals surface area contributed by atoms with Crippen LogP contribution in [0.2, 0.25) is 0 Å². The number of amides is 6. The third-order valence-electron chi connectivity index (χ3n) is 5.58. The van der Waals surface area contributed by atoms with E-state index in [9.17, 15) is 24.0 Å². The monoisotopic (exact) mass is 497 g/mol. The van der Waals surface area contributed by atoms with E-state index in [1.807, 2.05) is 0 Å². The van der Waals surface area contributed by atoms with Gasteiger partial charge in [0.05, 0.1) is 0 Å². The summed E-state index contributed by atoms with van der Waals surface area (Å²) in [6.45, 7) is 15.0. The van der Waals surface area contributed by atoms with Crippen LogP contribution in [0.1, 0.15) is 88.0 Å². The maximum absolute atomic E-state index is 13.5. The number of nitrogens with zero attached hydrogens (tertiary/aromatic N) is 3. The third-order valence-corrected chi connectivity index (χ3v) is 5.58. The number of hydrogen-bond acceptors (Lipinski definition) is 8. The highest BCUT2D eigenvalue weighted by molar-refractivity contribution is 6.20. The van der Waals surface area contributed by atoms with E-state index in [2.05, 4.69) is 0 Å². The molecule has 11 nitrogen and oxygen atoms in total.